The lowest BCUT2D eigenvalue weighted by atomic mass is 9.90. The molecule has 3 N–H and O–H groups in total. The first-order valence-corrected chi connectivity index (χ1v) is 8.58. The molecule has 0 fully saturated rings. The zero-order valence-corrected chi connectivity index (χ0v) is 14.0. The molecule has 0 radical (unpaired) electrons. The molecule has 2 aromatic carbocycles. The Labute approximate surface area is 140 Å². The number of hydrogen-bond acceptors (Lipinski definition) is 3. The zero-order chi connectivity index (χ0) is 16.1. The van der Waals surface area contributed by atoms with Gasteiger partial charge in [-0.15, -0.1) is 0 Å². The van der Waals surface area contributed by atoms with Gasteiger partial charge in [0.05, 0.1) is 7.11 Å². The van der Waals surface area contributed by atoms with E-state index in [0.717, 1.165) is 23.7 Å². The third kappa shape index (κ3) is 3.90. The first kappa shape index (κ1) is 15.6. The second-order valence-corrected chi connectivity index (χ2v) is 6.44. The van der Waals surface area contributed by atoms with E-state index >= 15 is 0 Å². The zero-order valence-electron chi connectivity index (χ0n) is 13.2. The van der Waals surface area contributed by atoms with Gasteiger partial charge in [0.15, 0.2) is 0 Å². The number of nitrogens with one attached hydrogen (secondary N) is 1. The van der Waals surface area contributed by atoms with Crippen molar-refractivity contribution >= 4 is 16.5 Å². The number of anilines is 1. The van der Waals surface area contributed by atoms with Crippen LogP contribution < -0.4 is 15.5 Å². The molecule has 1 unspecified atom stereocenters. The number of H-pyrrole nitrogens is 1. The van der Waals surface area contributed by atoms with E-state index in [1.54, 1.807) is 18.4 Å². The second kappa shape index (κ2) is 7.29. The largest absolute Gasteiger partial charge is 0.497 e. The van der Waals surface area contributed by atoms with Crippen molar-refractivity contribution in [1.82, 2.24) is 0 Å². The van der Waals surface area contributed by atoms with Crippen molar-refractivity contribution in [1.29, 1.82) is 0 Å². The Balaban J connectivity index is 1.84. The first-order valence-electron chi connectivity index (χ1n) is 7.70. The van der Waals surface area contributed by atoms with E-state index in [4.69, 9.17) is 10.5 Å². The van der Waals surface area contributed by atoms with Crippen LogP contribution in [-0.2, 0) is 6.42 Å². The predicted octanol–water partition coefficient (Wildman–Crippen LogP) is 3.92. The third-order valence-corrected chi connectivity index (χ3v) is 4.77. The SMILES string of the molecule is COc1ccc(C(CCc2ccccc2)c2csc(N)[nH+]2)cc1. The van der Waals surface area contributed by atoms with E-state index in [1.807, 2.05) is 12.1 Å². The van der Waals surface area contributed by atoms with E-state index in [0.29, 0.717) is 5.92 Å². The summed E-state index contributed by atoms with van der Waals surface area (Å²) in [6, 6.07) is 18.9. The molecule has 0 saturated heterocycles. The molecule has 3 aromatic rings. The highest BCUT2D eigenvalue weighted by atomic mass is 32.1. The summed E-state index contributed by atoms with van der Waals surface area (Å²) in [5.41, 5.74) is 9.69. The lowest BCUT2D eigenvalue weighted by Crippen LogP contribution is -2.16. The molecule has 0 saturated carbocycles. The van der Waals surface area contributed by atoms with E-state index in [-0.39, 0.29) is 0 Å². The number of benzene rings is 2. The first-order chi connectivity index (χ1) is 11.3. The molecule has 0 spiro atoms. The molecule has 118 valence electrons. The Morgan fingerprint density at radius 1 is 1.09 bits per heavy atom. The number of aryl methyl sites for hydroxylation is 1. The molecule has 1 atom stereocenters. The summed E-state index contributed by atoms with van der Waals surface area (Å²) in [6.45, 7) is 0. The van der Waals surface area contributed by atoms with E-state index in [1.165, 1.54) is 16.8 Å². The lowest BCUT2D eigenvalue weighted by molar-refractivity contribution is -0.368. The summed E-state index contributed by atoms with van der Waals surface area (Å²) < 4.78 is 5.26. The Kier molecular flexibility index (Phi) is 4.93. The maximum Gasteiger partial charge on any atom is 0.329 e. The Morgan fingerprint density at radius 2 is 1.83 bits per heavy atom. The van der Waals surface area contributed by atoms with Crippen molar-refractivity contribution in [3.05, 3.63) is 76.8 Å². The van der Waals surface area contributed by atoms with Gasteiger partial charge in [0.25, 0.3) is 0 Å². The monoisotopic (exact) mass is 325 g/mol. The highest BCUT2D eigenvalue weighted by molar-refractivity contribution is 7.13. The predicted molar refractivity (Wildman–Crippen MR) is 94.9 cm³/mol. The molecule has 3 rings (SSSR count). The van der Waals surface area contributed by atoms with Crippen LogP contribution in [0.5, 0.6) is 5.75 Å². The van der Waals surface area contributed by atoms with Crippen LogP contribution in [0.2, 0.25) is 0 Å². The van der Waals surface area contributed by atoms with Crippen molar-refractivity contribution in [2.24, 2.45) is 0 Å². The topological polar surface area (TPSA) is 49.4 Å². The smallest absolute Gasteiger partial charge is 0.329 e. The molecular formula is C19H21N2OS+. The van der Waals surface area contributed by atoms with E-state index in [2.05, 4.69) is 52.8 Å². The van der Waals surface area contributed by atoms with Gasteiger partial charge in [-0.05, 0) is 36.1 Å². The molecule has 0 aliphatic heterocycles. The maximum atomic E-state index is 5.89. The van der Waals surface area contributed by atoms with Gasteiger partial charge in [-0.2, -0.15) is 0 Å². The average molecular weight is 325 g/mol. The molecular weight excluding hydrogens is 304 g/mol. The highest BCUT2D eigenvalue weighted by Gasteiger charge is 2.19. The average Bonchev–Trinajstić information content (AvgIpc) is 3.03. The fraction of sp³-hybridized carbons (Fsp3) is 0.211. The van der Waals surface area contributed by atoms with Crippen molar-refractivity contribution in [3.8, 4) is 5.75 Å². The number of rotatable bonds is 6. The minimum absolute atomic E-state index is 0.301. The van der Waals surface area contributed by atoms with Gasteiger partial charge in [0.2, 0.25) is 0 Å². The minimum atomic E-state index is 0.301. The number of nitrogen functional groups attached to an aromatic ring is 1. The number of nitrogens with two attached hydrogens (primary N) is 1. The van der Waals surface area contributed by atoms with Gasteiger partial charge in [0, 0.05) is 11.3 Å². The standard InChI is InChI=1S/C19H20N2OS/c1-22-16-10-8-15(9-11-16)17(18-13-23-19(20)21-18)12-7-14-5-3-2-4-6-14/h2-6,8-11,13,17H,7,12H2,1H3,(H2,20,21)/p+1. The van der Waals surface area contributed by atoms with Gasteiger partial charge in [0.1, 0.15) is 11.4 Å². The fourth-order valence-corrected chi connectivity index (χ4v) is 3.44. The molecule has 0 aliphatic carbocycles. The number of hydrogen-bond donors (Lipinski definition) is 1. The number of aromatic nitrogens is 1. The van der Waals surface area contributed by atoms with Crippen molar-refractivity contribution < 1.29 is 9.72 Å². The quantitative estimate of drug-likeness (QED) is 0.747. The highest BCUT2D eigenvalue weighted by Crippen LogP contribution is 2.30. The Morgan fingerprint density at radius 3 is 2.43 bits per heavy atom. The van der Waals surface area contributed by atoms with Gasteiger partial charge in [-0.25, -0.2) is 4.98 Å². The number of methoxy groups -OCH3 is 1. The van der Waals surface area contributed by atoms with Crippen molar-refractivity contribution in [2.45, 2.75) is 18.8 Å². The summed E-state index contributed by atoms with van der Waals surface area (Å²) in [7, 11) is 1.69. The Hall–Kier alpha value is -2.33. The molecule has 4 heteroatoms. The van der Waals surface area contributed by atoms with Crippen LogP contribution in [0.3, 0.4) is 0 Å². The molecule has 1 heterocycles. The summed E-state index contributed by atoms with van der Waals surface area (Å²) in [5.74, 6) is 1.18. The number of thiazole rings is 1. The minimum Gasteiger partial charge on any atom is -0.497 e. The molecule has 3 nitrogen and oxygen atoms in total. The number of ether oxygens (including phenoxy) is 1. The molecule has 0 amide bonds. The summed E-state index contributed by atoms with van der Waals surface area (Å²) in [5, 5.41) is 2.87. The van der Waals surface area contributed by atoms with E-state index in [9.17, 15) is 0 Å². The summed E-state index contributed by atoms with van der Waals surface area (Å²) in [6.07, 6.45) is 2.06. The fourth-order valence-electron chi connectivity index (χ4n) is 2.79. The maximum absolute atomic E-state index is 5.89. The molecule has 0 bridgehead atoms. The summed E-state index contributed by atoms with van der Waals surface area (Å²) in [4.78, 5) is 3.30. The van der Waals surface area contributed by atoms with Crippen LogP contribution in [0.15, 0.2) is 60.0 Å². The van der Waals surface area contributed by atoms with Crippen molar-refractivity contribution in [2.75, 3.05) is 12.8 Å². The summed E-state index contributed by atoms with van der Waals surface area (Å²) >= 11 is 1.55. The van der Waals surface area contributed by atoms with E-state index < -0.39 is 0 Å². The van der Waals surface area contributed by atoms with Crippen LogP contribution in [-0.4, -0.2) is 7.11 Å². The third-order valence-electron chi connectivity index (χ3n) is 4.04. The van der Waals surface area contributed by atoms with Crippen molar-refractivity contribution in [3.63, 3.8) is 0 Å². The van der Waals surface area contributed by atoms with Gasteiger partial charge in [-0.1, -0.05) is 53.8 Å². The van der Waals surface area contributed by atoms with Crippen LogP contribution in [0.25, 0.3) is 0 Å². The Bertz CT molecular complexity index is 738. The van der Waals surface area contributed by atoms with Gasteiger partial charge < -0.3 is 4.74 Å². The van der Waals surface area contributed by atoms with Crippen LogP contribution in [0.4, 0.5) is 5.13 Å². The molecule has 0 aliphatic rings. The van der Waals surface area contributed by atoms with Crippen LogP contribution in [0.1, 0.15) is 29.2 Å². The van der Waals surface area contributed by atoms with Crippen LogP contribution in [0, 0.1) is 0 Å². The van der Waals surface area contributed by atoms with Gasteiger partial charge >= 0.3 is 5.13 Å². The normalized spacial score (nSPS) is 12.0. The molecule has 23 heavy (non-hydrogen) atoms. The van der Waals surface area contributed by atoms with Gasteiger partial charge in [-0.3, -0.25) is 5.73 Å². The second-order valence-electron chi connectivity index (χ2n) is 5.53. The molecule has 1 aromatic heterocycles. The lowest BCUT2D eigenvalue weighted by Gasteiger charge is -2.15. The number of aromatic amines is 1. The van der Waals surface area contributed by atoms with Crippen LogP contribution >= 0.6 is 11.3 Å².